The molecular weight excluding hydrogens is 585 g/mol. The Labute approximate surface area is 251 Å². The number of halogens is 4. The largest absolute Gasteiger partial charge is 0.444 e. The number of alkyl halides is 3. The molecular formula is C29H34ClF3N8O2. The monoisotopic (exact) mass is 618 g/mol. The van der Waals surface area contributed by atoms with Crippen molar-refractivity contribution in [2.24, 2.45) is 18.4 Å². The standard InChI is InChI=1S/C29H34ClF3N8O2/c1-15-25(36-24-23(34-15)22(37-38-24)17-6-7-19-18(21(17)30)14-40(5)39-19)41-10-8-28(9-11-41)13-16(29(31,32)33)12-20(28)35-26(42)43-27(2,3)4/h6-7,14,16,20H,8-13H2,1-5H3,(H,35,42)(H,36,37,38)/t16-,20+/m0/s1. The summed E-state index contributed by atoms with van der Waals surface area (Å²) in [5, 5.41) is 16.0. The van der Waals surface area contributed by atoms with Gasteiger partial charge in [-0.05, 0) is 70.9 Å². The van der Waals surface area contributed by atoms with E-state index in [1.165, 1.54) is 0 Å². The second kappa shape index (κ2) is 10.2. The zero-order valence-corrected chi connectivity index (χ0v) is 25.4. The highest BCUT2D eigenvalue weighted by atomic mass is 35.5. The molecule has 1 amide bonds. The zero-order valence-electron chi connectivity index (χ0n) is 24.6. The van der Waals surface area contributed by atoms with Gasteiger partial charge in [0.1, 0.15) is 16.8 Å². The third-order valence-corrected chi connectivity index (χ3v) is 9.07. The average Bonchev–Trinajstić information content (AvgIpc) is 3.59. The molecule has 1 saturated heterocycles. The Kier molecular flexibility index (Phi) is 7.02. The number of aromatic amines is 1. The number of nitrogens with one attached hydrogen (secondary N) is 2. The summed E-state index contributed by atoms with van der Waals surface area (Å²) in [6.45, 7) is 7.99. The molecule has 3 aromatic heterocycles. The van der Waals surface area contributed by atoms with Crippen LogP contribution in [-0.4, -0.2) is 66.9 Å². The summed E-state index contributed by atoms with van der Waals surface area (Å²) in [6.07, 6.45) is -2.42. The van der Waals surface area contributed by atoms with E-state index in [1.54, 1.807) is 25.5 Å². The number of alkyl carbamates (subject to hydrolysis) is 1. The first-order chi connectivity index (χ1) is 20.1. The Bertz CT molecular complexity index is 1700. The fourth-order valence-corrected chi connectivity index (χ4v) is 6.94. The van der Waals surface area contributed by atoms with Gasteiger partial charge in [-0.3, -0.25) is 9.78 Å². The number of hydrogen-bond acceptors (Lipinski definition) is 7. The number of hydrogen-bond donors (Lipinski definition) is 2. The highest BCUT2D eigenvalue weighted by Gasteiger charge is 2.56. The summed E-state index contributed by atoms with van der Waals surface area (Å²) in [5.41, 5.74) is 2.35. The van der Waals surface area contributed by atoms with Crippen molar-refractivity contribution in [3.8, 4) is 11.3 Å². The van der Waals surface area contributed by atoms with Gasteiger partial charge in [-0.2, -0.15) is 23.4 Å². The van der Waals surface area contributed by atoms with Gasteiger partial charge in [-0.15, -0.1) is 0 Å². The minimum atomic E-state index is -4.33. The molecule has 1 aliphatic carbocycles. The number of piperidine rings is 1. The number of anilines is 1. The second-order valence-corrected chi connectivity index (χ2v) is 13.2. The normalized spacial score (nSPS) is 20.8. The van der Waals surface area contributed by atoms with Crippen LogP contribution in [0.2, 0.25) is 5.02 Å². The molecule has 0 bridgehead atoms. The lowest BCUT2D eigenvalue weighted by Crippen LogP contribution is -2.51. The van der Waals surface area contributed by atoms with Crippen LogP contribution in [0.1, 0.15) is 52.1 Å². The Morgan fingerprint density at radius 3 is 2.58 bits per heavy atom. The topological polar surface area (TPSA) is 114 Å². The van der Waals surface area contributed by atoms with Crippen molar-refractivity contribution < 1.29 is 22.7 Å². The van der Waals surface area contributed by atoms with Gasteiger partial charge in [-0.25, -0.2) is 14.8 Å². The van der Waals surface area contributed by atoms with Crippen molar-refractivity contribution in [3.63, 3.8) is 0 Å². The lowest BCUT2D eigenvalue weighted by atomic mass is 9.73. The van der Waals surface area contributed by atoms with Gasteiger partial charge in [0.15, 0.2) is 11.5 Å². The van der Waals surface area contributed by atoms with E-state index >= 15 is 0 Å². The first-order valence-corrected chi connectivity index (χ1v) is 14.7. The lowest BCUT2D eigenvalue weighted by Gasteiger charge is -2.44. The number of ether oxygens (including phenoxy) is 1. The summed E-state index contributed by atoms with van der Waals surface area (Å²) in [5.74, 6) is -0.827. The summed E-state index contributed by atoms with van der Waals surface area (Å²) >= 11 is 6.74. The molecule has 0 radical (unpaired) electrons. The summed E-state index contributed by atoms with van der Waals surface area (Å²) in [7, 11) is 1.83. The third-order valence-electron chi connectivity index (χ3n) is 8.66. The van der Waals surface area contributed by atoms with E-state index in [1.807, 2.05) is 37.2 Å². The Balaban J connectivity index is 1.24. The van der Waals surface area contributed by atoms with Crippen LogP contribution in [0.3, 0.4) is 0 Å². The van der Waals surface area contributed by atoms with Crippen molar-refractivity contribution >= 4 is 45.6 Å². The van der Waals surface area contributed by atoms with Gasteiger partial charge in [-0.1, -0.05) is 11.6 Å². The molecule has 4 aromatic rings. The number of aryl methyl sites for hydroxylation is 2. The molecule has 1 aromatic carbocycles. The number of nitrogens with zero attached hydrogens (tertiary/aromatic N) is 6. The van der Waals surface area contributed by atoms with Crippen LogP contribution in [0.4, 0.5) is 23.8 Å². The third kappa shape index (κ3) is 5.47. The first kappa shape index (κ1) is 29.5. The number of aromatic nitrogens is 6. The van der Waals surface area contributed by atoms with Crippen molar-refractivity contribution in [2.75, 3.05) is 18.0 Å². The fraction of sp³-hybridized carbons (Fsp3) is 0.552. The van der Waals surface area contributed by atoms with Gasteiger partial charge in [0, 0.05) is 43.3 Å². The van der Waals surface area contributed by atoms with Crippen LogP contribution < -0.4 is 10.2 Å². The van der Waals surface area contributed by atoms with Crippen LogP contribution >= 0.6 is 11.6 Å². The van der Waals surface area contributed by atoms with Crippen molar-refractivity contribution in [2.45, 2.75) is 71.2 Å². The van der Waals surface area contributed by atoms with Gasteiger partial charge in [0.2, 0.25) is 0 Å². The van der Waals surface area contributed by atoms with Crippen LogP contribution in [0.25, 0.3) is 33.3 Å². The zero-order chi connectivity index (χ0) is 30.9. The van der Waals surface area contributed by atoms with Gasteiger partial charge in [0.25, 0.3) is 0 Å². The molecule has 2 fully saturated rings. The van der Waals surface area contributed by atoms with E-state index in [9.17, 15) is 18.0 Å². The smallest absolute Gasteiger partial charge is 0.407 e. The molecule has 0 unspecified atom stereocenters. The minimum absolute atomic E-state index is 0.0273. The molecule has 2 N–H and O–H groups in total. The number of carbonyl (C=O) groups excluding carboxylic acids is 1. The number of fused-ring (bicyclic) bond motifs is 2. The van der Waals surface area contributed by atoms with Crippen molar-refractivity contribution in [1.29, 1.82) is 0 Å². The van der Waals surface area contributed by atoms with Crippen molar-refractivity contribution in [1.82, 2.24) is 35.3 Å². The Morgan fingerprint density at radius 2 is 1.91 bits per heavy atom. The second-order valence-electron chi connectivity index (χ2n) is 12.8. The molecule has 1 aliphatic heterocycles. The van der Waals surface area contributed by atoms with E-state index in [4.69, 9.17) is 26.3 Å². The number of rotatable bonds is 3. The van der Waals surface area contributed by atoms with Crippen LogP contribution in [-0.2, 0) is 11.8 Å². The number of carbonyl (C=O) groups is 1. The Morgan fingerprint density at radius 1 is 1.19 bits per heavy atom. The summed E-state index contributed by atoms with van der Waals surface area (Å²) in [6, 6.07) is 3.11. The highest BCUT2D eigenvalue weighted by molar-refractivity contribution is 6.38. The number of amides is 1. The van der Waals surface area contributed by atoms with Gasteiger partial charge in [0.05, 0.1) is 22.2 Å². The molecule has 14 heteroatoms. The SMILES string of the molecule is Cc1nc2c(-c3ccc4nn(C)cc4c3Cl)n[nH]c2nc1N1CCC2(CC1)C[C@@H](C(F)(F)F)C[C@H]2NC(=O)OC(C)(C)C. The van der Waals surface area contributed by atoms with Crippen LogP contribution in [0, 0.1) is 18.3 Å². The summed E-state index contributed by atoms with van der Waals surface area (Å²) < 4.78 is 48.7. The van der Waals surface area contributed by atoms with Gasteiger partial charge >= 0.3 is 12.3 Å². The molecule has 1 saturated carbocycles. The average molecular weight is 619 g/mol. The molecule has 6 rings (SSSR count). The highest BCUT2D eigenvalue weighted by Crippen LogP contribution is 2.54. The molecule has 10 nitrogen and oxygen atoms in total. The van der Waals surface area contributed by atoms with E-state index in [0.29, 0.717) is 64.9 Å². The molecule has 230 valence electrons. The predicted molar refractivity (Wildman–Crippen MR) is 157 cm³/mol. The van der Waals surface area contributed by atoms with E-state index in [2.05, 4.69) is 20.6 Å². The molecule has 43 heavy (non-hydrogen) atoms. The predicted octanol–water partition coefficient (Wildman–Crippen LogP) is 6.32. The first-order valence-electron chi connectivity index (χ1n) is 14.3. The maximum absolute atomic E-state index is 13.9. The van der Waals surface area contributed by atoms with Gasteiger partial charge < -0.3 is 15.0 Å². The maximum Gasteiger partial charge on any atom is 0.407 e. The van der Waals surface area contributed by atoms with E-state index < -0.39 is 35.2 Å². The van der Waals surface area contributed by atoms with Crippen LogP contribution in [0.5, 0.6) is 0 Å². The van der Waals surface area contributed by atoms with E-state index in [0.717, 1.165) is 10.9 Å². The number of H-pyrrole nitrogens is 1. The molecule has 2 aliphatic rings. The fourth-order valence-electron chi connectivity index (χ4n) is 6.64. The minimum Gasteiger partial charge on any atom is -0.444 e. The lowest BCUT2D eigenvalue weighted by molar-refractivity contribution is -0.175. The number of benzene rings is 1. The quantitative estimate of drug-likeness (QED) is 0.276. The molecule has 4 heterocycles. The Hall–Kier alpha value is -3.61. The van der Waals surface area contributed by atoms with Crippen molar-refractivity contribution in [3.05, 3.63) is 29.0 Å². The molecule has 2 atom stereocenters. The summed E-state index contributed by atoms with van der Waals surface area (Å²) in [4.78, 5) is 24.3. The maximum atomic E-state index is 13.9. The molecule has 1 spiro atoms. The van der Waals surface area contributed by atoms with Crippen LogP contribution in [0.15, 0.2) is 18.3 Å². The van der Waals surface area contributed by atoms with E-state index in [-0.39, 0.29) is 12.8 Å².